The first-order valence-electron chi connectivity index (χ1n) is 8.45. The molecule has 0 amide bonds. The maximum Gasteiger partial charge on any atom is 0.164 e. The Labute approximate surface area is 165 Å². The van der Waals surface area contributed by atoms with Gasteiger partial charge in [0.2, 0.25) is 0 Å². The van der Waals surface area contributed by atoms with Crippen molar-refractivity contribution >= 4 is 28.5 Å². The number of fused-ring (bicyclic) bond motifs is 1. The first kappa shape index (κ1) is 18.7. The zero-order chi connectivity index (χ0) is 20.0. The molecule has 144 valence electrons. The molecule has 5 N–H and O–H groups in total. The summed E-state index contributed by atoms with van der Waals surface area (Å²) in [7, 11) is 0. The summed E-state index contributed by atoms with van der Waals surface area (Å²) in [6.45, 7) is 0. The van der Waals surface area contributed by atoms with E-state index in [4.69, 9.17) is 28.5 Å². The van der Waals surface area contributed by atoms with Crippen molar-refractivity contribution in [2.75, 3.05) is 5.73 Å². The van der Waals surface area contributed by atoms with Gasteiger partial charge in [-0.3, -0.25) is 0 Å². The Hall–Kier alpha value is -2.67. The van der Waals surface area contributed by atoms with Crippen LogP contribution >= 0.6 is 11.6 Å². The fourth-order valence-electron chi connectivity index (χ4n) is 3.44. The molecule has 4 rings (SSSR count). The van der Waals surface area contributed by atoms with Gasteiger partial charge in [0.15, 0.2) is 6.23 Å². The van der Waals surface area contributed by atoms with E-state index in [0.29, 0.717) is 27.2 Å². The molecule has 1 aromatic carbocycles. The van der Waals surface area contributed by atoms with E-state index in [1.54, 1.807) is 30.5 Å². The van der Waals surface area contributed by atoms with Crippen molar-refractivity contribution < 1.29 is 20.1 Å². The van der Waals surface area contributed by atoms with Crippen LogP contribution in [0.15, 0.2) is 36.8 Å². The van der Waals surface area contributed by atoms with Crippen LogP contribution in [0.4, 0.5) is 5.82 Å². The lowest BCUT2D eigenvalue weighted by atomic mass is 9.99. The van der Waals surface area contributed by atoms with E-state index in [1.165, 1.54) is 10.9 Å². The van der Waals surface area contributed by atoms with E-state index in [-0.39, 0.29) is 5.82 Å². The summed E-state index contributed by atoms with van der Waals surface area (Å²) in [6.07, 6.45) is 2.40. The Morgan fingerprint density at radius 2 is 1.93 bits per heavy atom. The average Bonchev–Trinajstić information content (AvgIpc) is 3.21. The Morgan fingerprint density at radius 3 is 2.61 bits per heavy atom. The van der Waals surface area contributed by atoms with Crippen LogP contribution in [0.5, 0.6) is 0 Å². The zero-order valence-electron chi connectivity index (χ0n) is 14.5. The first-order valence-corrected chi connectivity index (χ1v) is 8.83. The van der Waals surface area contributed by atoms with Gasteiger partial charge in [0.1, 0.15) is 42.2 Å². The normalized spacial score (nSPS) is 25.7. The highest BCUT2D eigenvalue weighted by Gasteiger charge is 2.47. The smallest absolute Gasteiger partial charge is 0.164 e. The molecular weight excluding hydrogens is 384 g/mol. The van der Waals surface area contributed by atoms with Crippen molar-refractivity contribution in [1.29, 1.82) is 0 Å². The first-order chi connectivity index (χ1) is 13.4. The number of anilines is 1. The lowest BCUT2D eigenvalue weighted by molar-refractivity contribution is -0.0848. The second kappa shape index (κ2) is 7.05. The molecule has 1 aliphatic rings. The largest absolute Gasteiger partial charge is 0.387 e. The molecule has 3 aromatic rings. The van der Waals surface area contributed by atoms with E-state index < -0.39 is 30.6 Å². The van der Waals surface area contributed by atoms with Crippen LogP contribution in [-0.4, -0.2) is 48.2 Å². The van der Waals surface area contributed by atoms with Crippen molar-refractivity contribution in [3.05, 3.63) is 52.9 Å². The Kier molecular flexibility index (Phi) is 4.71. The van der Waals surface area contributed by atoms with Gasteiger partial charge < -0.3 is 30.4 Å². The van der Waals surface area contributed by atoms with Gasteiger partial charge in [-0.2, -0.15) is 0 Å². The molecule has 0 saturated carbocycles. The summed E-state index contributed by atoms with van der Waals surface area (Å²) in [5.41, 5.74) is 7.19. The van der Waals surface area contributed by atoms with Crippen molar-refractivity contribution in [2.24, 2.45) is 0 Å². The molecule has 0 spiro atoms. The number of nitrogen functional groups attached to an aromatic ring is 1. The van der Waals surface area contributed by atoms with Crippen LogP contribution in [0.1, 0.15) is 23.5 Å². The number of rotatable bonds is 3. The second-order valence-electron chi connectivity index (χ2n) is 6.52. The molecule has 0 unspecified atom stereocenters. The topological polar surface area (TPSA) is 127 Å². The standard InChI is InChI=1S/C19H17ClN4O4/c1-2-9-7-24(18-12(9)17(21)22-8-23-18)19-15(27)14(26)16(28-19)13(25)10-3-5-11(20)6-4-10/h1,3-8,13-16,19,25-27H,(H2,21,22,23)/t13-,14+,15-,16-,19-/m1/s1. The number of ether oxygens (including phenoxy) is 1. The molecule has 28 heavy (non-hydrogen) atoms. The number of hydrogen-bond acceptors (Lipinski definition) is 7. The summed E-state index contributed by atoms with van der Waals surface area (Å²) >= 11 is 5.87. The number of aliphatic hydroxyl groups excluding tert-OH is 3. The molecule has 3 heterocycles. The van der Waals surface area contributed by atoms with Gasteiger partial charge in [-0.05, 0) is 17.7 Å². The van der Waals surface area contributed by atoms with Crippen LogP contribution in [0.2, 0.25) is 5.02 Å². The number of halogens is 1. The Morgan fingerprint density at radius 1 is 1.21 bits per heavy atom. The van der Waals surface area contributed by atoms with Gasteiger partial charge in [0.05, 0.1) is 10.9 Å². The third kappa shape index (κ3) is 2.90. The Balaban J connectivity index is 1.71. The molecule has 1 fully saturated rings. The van der Waals surface area contributed by atoms with Crippen LogP contribution in [0.25, 0.3) is 11.0 Å². The van der Waals surface area contributed by atoms with E-state index in [0.717, 1.165) is 0 Å². The van der Waals surface area contributed by atoms with E-state index in [1.807, 2.05) is 0 Å². The lowest BCUT2D eigenvalue weighted by Crippen LogP contribution is -2.34. The highest BCUT2D eigenvalue weighted by atomic mass is 35.5. The minimum absolute atomic E-state index is 0.197. The molecule has 8 nitrogen and oxygen atoms in total. The van der Waals surface area contributed by atoms with Gasteiger partial charge in [0, 0.05) is 11.2 Å². The molecule has 2 aromatic heterocycles. The quantitative estimate of drug-likeness (QED) is 0.483. The number of aromatic nitrogens is 3. The van der Waals surface area contributed by atoms with Crippen LogP contribution in [0.3, 0.4) is 0 Å². The summed E-state index contributed by atoms with van der Waals surface area (Å²) < 4.78 is 7.33. The number of aliphatic hydroxyl groups is 3. The van der Waals surface area contributed by atoms with Crippen LogP contribution < -0.4 is 5.73 Å². The Bertz CT molecular complexity index is 1060. The number of nitrogens with two attached hydrogens (primary N) is 1. The fraction of sp³-hybridized carbons (Fsp3) is 0.263. The van der Waals surface area contributed by atoms with Gasteiger partial charge in [-0.15, -0.1) is 6.42 Å². The highest BCUT2D eigenvalue weighted by molar-refractivity contribution is 6.30. The van der Waals surface area contributed by atoms with E-state index in [2.05, 4.69) is 15.9 Å². The third-order valence-corrected chi connectivity index (χ3v) is 5.12. The van der Waals surface area contributed by atoms with Crippen LogP contribution in [0, 0.1) is 12.3 Å². The molecule has 5 atom stereocenters. The summed E-state index contributed by atoms with van der Waals surface area (Å²) in [5.74, 6) is 2.70. The molecule has 0 aliphatic carbocycles. The third-order valence-electron chi connectivity index (χ3n) is 4.87. The minimum atomic E-state index is -1.35. The fourth-order valence-corrected chi connectivity index (χ4v) is 3.56. The van der Waals surface area contributed by atoms with Gasteiger partial charge >= 0.3 is 0 Å². The molecule has 0 radical (unpaired) electrons. The second-order valence-corrected chi connectivity index (χ2v) is 6.96. The van der Waals surface area contributed by atoms with Gasteiger partial charge in [-0.1, -0.05) is 29.7 Å². The number of hydrogen-bond donors (Lipinski definition) is 4. The van der Waals surface area contributed by atoms with E-state index >= 15 is 0 Å². The minimum Gasteiger partial charge on any atom is -0.387 e. The maximum atomic E-state index is 10.6. The van der Waals surface area contributed by atoms with Crippen molar-refractivity contribution in [1.82, 2.24) is 14.5 Å². The molecular formula is C19H17ClN4O4. The maximum absolute atomic E-state index is 10.6. The lowest BCUT2D eigenvalue weighted by Gasteiger charge is -2.21. The van der Waals surface area contributed by atoms with E-state index in [9.17, 15) is 15.3 Å². The van der Waals surface area contributed by atoms with Crippen LogP contribution in [-0.2, 0) is 4.74 Å². The molecule has 1 saturated heterocycles. The predicted octanol–water partition coefficient (Wildman–Crippen LogP) is 1.00. The average molecular weight is 401 g/mol. The van der Waals surface area contributed by atoms with Crippen molar-refractivity contribution in [3.8, 4) is 12.3 Å². The zero-order valence-corrected chi connectivity index (χ0v) is 15.2. The molecule has 1 aliphatic heterocycles. The van der Waals surface area contributed by atoms with Gasteiger partial charge in [-0.25, -0.2) is 9.97 Å². The SMILES string of the molecule is C#Cc1cn([C@@H]2O[C@H]([C@H](O)c3ccc(Cl)cc3)[C@@H](O)[C@H]2O)c2ncnc(N)c12. The number of nitrogens with zero attached hydrogens (tertiary/aromatic N) is 3. The predicted molar refractivity (Wildman–Crippen MR) is 102 cm³/mol. The molecule has 0 bridgehead atoms. The number of terminal acetylenes is 1. The molecule has 9 heteroatoms. The number of benzene rings is 1. The van der Waals surface area contributed by atoms with Gasteiger partial charge in [0.25, 0.3) is 0 Å². The highest BCUT2D eigenvalue weighted by Crippen LogP contribution is 2.38. The summed E-state index contributed by atoms with van der Waals surface area (Å²) in [6, 6.07) is 6.48. The van der Waals surface area contributed by atoms with Crippen molar-refractivity contribution in [3.63, 3.8) is 0 Å². The van der Waals surface area contributed by atoms with Crippen molar-refractivity contribution in [2.45, 2.75) is 30.6 Å². The summed E-state index contributed by atoms with van der Waals surface area (Å²) in [4.78, 5) is 8.11. The monoisotopic (exact) mass is 400 g/mol. The summed E-state index contributed by atoms with van der Waals surface area (Å²) in [5, 5.41) is 32.7.